The molecule has 144 valence electrons. The third-order valence-electron chi connectivity index (χ3n) is 5.44. The van der Waals surface area contributed by atoms with E-state index >= 15 is 0 Å². The maximum Gasteiger partial charge on any atom is 0.253 e. The summed E-state index contributed by atoms with van der Waals surface area (Å²) in [4.78, 5) is 19.5. The summed E-state index contributed by atoms with van der Waals surface area (Å²) in [5.74, 6) is 0.373. The number of carbonyl (C=O) groups excluding carboxylic acids is 1. The van der Waals surface area contributed by atoms with Crippen molar-refractivity contribution >= 4 is 5.91 Å². The second kappa shape index (κ2) is 8.38. The fraction of sp³-hybridized carbons (Fsp3) is 0.348. The number of pyridine rings is 1. The number of nitrogens with zero attached hydrogens (tertiary/aromatic N) is 3. The Morgan fingerprint density at radius 3 is 2.93 bits per heavy atom. The van der Waals surface area contributed by atoms with Gasteiger partial charge in [-0.1, -0.05) is 43.7 Å². The quantitative estimate of drug-likeness (QED) is 0.718. The molecular weight excluding hydrogens is 348 g/mol. The minimum absolute atomic E-state index is 0.102. The molecule has 0 bridgehead atoms. The third-order valence-corrected chi connectivity index (χ3v) is 5.44. The van der Waals surface area contributed by atoms with Crippen LogP contribution in [-0.2, 0) is 6.42 Å². The molecule has 2 aromatic heterocycles. The highest BCUT2D eigenvalue weighted by Crippen LogP contribution is 2.33. The van der Waals surface area contributed by atoms with Crippen LogP contribution in [0.5, 0.6) is 0 Å². The van der Waals surface area contributed by atoms with Crippen LogP contribution < -0.4 is 0 Å². The van der Waals surface area contributed by atoms with Gasteiger partial charge >= 0.3 is 0 Å². The zero-order chi connectivity index (χ0) is 19.3. The number of hydrogen-bond acceptors (Lipinski definition) is 3. The van der Waals surface area contributed by atoms with Crippen molar-refractivity contribution in [1.29, 1.82) is 0 Å². The summed E-state index contributed by atoms with van der Waals surface area (Å²) >= 11 is 0. The number of rotatable bonds is 5. The second-order valence-electron chi connectivity index (χ2n) is 7.44. The molecule has 5 heteroatoms. The average Bonchev–Trinajstić information content (AvgIpc) is 3.24. The smallest absolute Gasteiger partial charge is 0.253 e. The largest absolute Gasteiger partial charge is 0.338 e. The van der Waals surface area contributed by atoms with E-state index in [1.807, 2.05) is 41.4 Å². The molecule has 1 amide bonds. The predicted molar refractivity (Wildman–Crippen MR) is 110 cm³/mol. The summed E-state index contributed by atoms with van der Waals surface area (Å²) in [6.45, 7) is 3.64. The van der Waals surface area contributed by atoms with Crippen LogP contribution in [0.25, 0.3) is 11.1 Å². The lowest BCUT2D eigenvalue weighted by molar-refractivity contribution is 0.0705. The van der Waals surface area contributed by atoms with Gasteiger partial charge in [0, 0.05) is 47.7 Å². The lowest BCUT2D eigenvalue weighted by Gasteiger charge is -2.33. The summed E-state index contributed by atoms with van der Waals surface area (Å²) in [6.07, 6.45) is 7.63. The number of likely N-dealkylation sites (tertiary alicyclic amines) is 1. The summed E-state index contributed by atoms with van der Waals surface area (Å²) in [7, 11) is 0. The van der Waals surface area contributed by atoms with E-state index in [4.69, 9.17) is 0 Å². The van der Waals surface area contributed by atoms with E-state index in [1.54, 1.807) is 6.20 Å². The van der Waals surface area contributed by atoms with Crippen molar-refractivity contribution in [2.45, 2.75) is 38.5 Å². The molecule has 0 spiro atoms. The highest BCUT2D eigenvalue weighted by molar-refractivity contribution is 5.94. The zero-order valence-electron chi connectivity index (χ0n) is 16.3. The van der Waals surface area contributed by atoms with E-state index < -0.39 is 0 Å². The van der Waals surface area contributed by atoms with Crippen molar-refractivity contribution in [1.82, 2.24) is 20.1 Å². The molecule has 5 nitrogen and oxygen atoms in total. The minimum atomic E-state index is 0.102. The molecule has 1 unspecified atom stereocenters. The summed E-state index contributed by atoms with van der Waals surface area (Å²) in [5.41, 5.74) is 5.15. The van der Waals surface area contributed by atoms with Crippen LogP contribution in [0, 0.1) is 0 Å². The number of hydrogen-bond donors (Lipinski definition) is 1. The molecule has 1 N–H and O–H groups in total. The zero-order valence-corrected chi connectivity index (χ0v) is 16.3. The Morgan fingerprint density at radius 2 is 2.11 bits per heavy atom. The molecular formula is C23H26N4O. The van der Waals surface area contributed by atoms with Crippen LogP contribution >= 0.6 is 0 Å². The first-order chi connectivity index (χ1) is 13.8. The van der Waals surface area contributed by atoms with Crippen molar-refractivity contribution in [3.05, 3.63) is 71.8 Å². The number of benzene rings is 1. The summed E-state index contributed by atoms with van der Waals surface area (Å²) in [6, 6.07) is 14.1. The number of aromatic amines is 1. The fourth-order valence-corrected chi connectivity index (χ4v) is 4.04. The van der Waals surface area contributed by atoms with Gasteiger partial charge in [-0.2, -0.15) is 5.10 Å². The Morgan fingerprint density at radius 1 is 1.25 bits per heavy atom. The van der Waals surface area contributed by atoms with Crippen LogP contribution in [0.3, 0.4) is 0 Å². The first-order valence-electron chi connectivity index (χ1n) is 10.1. The van der Waals surface area contributed by atoms with Crippen LogP contribution in [0.4, 0.5) is 0 Å². The maximum atomic E-state index is 13.1. The summed E-state index contributed by atoms with van der Waals surface area (Å²) < 4.78 is 0. The van der Waals surface area contributed by atoms with Crippen LogP contribution in [0.15, 0.2) is 54.9 Å². The lowest BCUT2D eigenvalue weighted by Crippen LogP contribution is -2.39. The van der Waals surface area contributed by atoms with Gasteiger partial charge in [0.05, 0.1) is 6.20 Å². The fourth-order valence-electron chi connectivity index (χ4n) is 4.04. The van der Waals surface area contributed by atoms with Gasteiger partial charge in [-0.3, -0.25) is 14.9 Å². The number of piperidine rings is 1. The Kier molecular flexibility index (Phi) is 5.51. The van der Waals surface area contributed by atoms with Crippen molar-refractivity contribution in [3.63, 3.8) is 0 Å². The summed E-state index contributed by atoms with van der Waals surface area (Å²) in [5, 5.41) is 7.50. The third kappa shape index (κ3) is 3.84. The molecule has 1 saturated heterocycles. The average molecular weight is 374 g/mol. The number of nitrogens with one attached hydrogen (secondary N) is 1. The normalized spacial score (nSPS) is 16.9. The topological polar surface area (TPSA) is 61.9 Å². The monoisotopic (exact) mass is 374 g/mol. The standard InChI is InChI=1S/C23H26N4O/c1-2-7-20-14-18(11-12-24-20)23(28)27-13-6-10-19(16-27)22-21(15-25-26-22)17-8-4-3-5-9-17/h3-5,8-9,11-12,14-15,19H,2,6-7,10,13,16H2,1H3,(H,25,26). The Balaban J connectivity index is 1.54. The van der Waals surface area contributed by atoms with E-state index in [2.05, 4.69) is 34.2 Å². The molecule has 0 saturated carbocycles. The Bertz CT molecular complexity index is 935. The Hall–Kier alpha value is -2.95. The van der Waals surface area contributed by atoms with Crippen LogP contribution in [0.1, 0.15) is 53.8 Å². The first kappa shape index (κ1) is 18.4. The van der Waals surface area contributed by atoms with Gasteiger partial charge < -0.3 is 4.90 Å². The number of aromatic nitrogens is 3. The van der Waals surface area contributed by atoms with E-state index in [1.165, 1.54) is 0 Å². The van der Waals surface area contributed by atoms with Gasteiger partial charge in [0.15, 0.2) is 0 Å². The van der Waals surface area contributed by atoms with Gasteiger partial charge in [-0.25, -0.2) is 0 Å². The number of H-pyrrole nitrogens is 1. The highest BCUT2D eigenvalue weighted by Gasteiger charge is 2.28. The lowest BCUT2D eigenvalue weighted by atomic mass is 9.90. The van der Waals surface area contributed by atoms with Gasteiger partial charge in [0.2, 0.25) is 0 Å². The number of aryl methyl sites for hydroxylation is 1. The van der Waals surface area contributed by atoms with Crippen molar-refractivity contribution in [2.24, 2.45) is 0 Å². The first-order valence-corrected chi connectivity index (χ1v) is 10.1. The Labute approximate surface area is 165 Å². The second-order valence-corrected chi connectivity index (χ2v) is 7.44. The van der Waals surface area contributed by atoms with E-state index in [0.717, 1.165) is 60.3 Å². The van der Waals surface area contributed by atoms with Crippen molar-refractivity contribution < 1.29 is 4.79 Å². The van der Waals surface area contributed by atoms with Gasteiger partial charge in [-0.05, 0) is 37.0 Å². The number of amides is 1. The van der Waals surface area contributed by atoms with Crippen molar-refractivity contribution in [3.8, 4) is 11.1 Å². The molecule has 1 fully saturated rings. The van der Waals surface area contributed by atoms with Gasteiger partial charge in [-0.15, -0.1) is 0 Å². The highest BCUT2D eigenvalue weighted by atomic mass is 16.2. The van der Waals surface area contributed by atoms with Crippen molar-refractivity contribution in [2.75, 3.05) is 13.1 Å². The molecule has 4 rings (SSSR count). The SMILES string of the molecule is CCCc1cc(C(=O)N2CCCC(c3[nH]ncc3-c3ccccc3)C2)ccn1. The predicted octanol–water partition coefficient (Wildman–Crippen LogP) is 4.44. The number of carbonyl (C=O) groups is 1. The van der Waals surface area contributed by atoms with Crippen LogP contribution in [-0.4, -0.2) is 39.1 Å². The minimum Gasteiger partial charge on any atom is -0.338 e. The molecule has 1 aliphatic rings. The van der Waals surface area contributed by atoms with Gasteiger partial charge in [0.1, 0.15) is 0 Å². The van der Waals surface area contributed by atoms with E-state index in [9.17, 15) is 4.79 Å². The van der Waals surface area contributed by atoms with E-state index in [-0.39, 0.29) is 11.8 Å². The van der Waals surface area contributed by atoms with Gasteiger partial charge in [0.25, 0.3) is 5.91 Å². The molecule has 3 aromatic rings. The van der Waals surface area contributed by atoms with Crippen LogP contribution in [0.2, 0.25) is 0 Å². The molecule has 0 radical (unpaired) electrons. The molecule has 0 aliphatic carbocycles. The molecule has 28 heavy (non-hydrogen) atoms. The molecule has 1 atom stereocenters. The maximum absolute atomic E-state index is 13.1. The molecule has 1 aliphatic heterocycles. The van der Waals surface area contributed by atoms with E-state index in [0.29, 0.717) is 6.54 Å². The molecule has 3 heterocycles. The molecule has 1 aromatic carbocycles.